The van der Waals surface area contributed by atoms with Crippen molar-refractivity contribution < 1.29 is 4.42 Å². The Labute approximate surface area is 103 Å². The Hall–Kier alpha value is -1.28. The van der Waals surface area contributed by atoms with Gasteiger partial charge in [-0.25, -0.2) is 0 Å². The number of fused-ring (bicyclic) bond motifs is 1. The van der Waals surface area contributed by atoms with E-state index in [4.69, 9.17) is 4.42 Å². The van der Waals surface area contributed by atoms with Gasteiger partial charge in [-0.2, -0.15) is 0 Å². The first-order chi connectivity index (χ1) is 8.33. The highest BCUT2D eigenvalue weighted by molar-refractivity contribution is 5.77. The molecule has 0 aliphatic rings. The van der Waals surface area contributed by atoms with E-state index < -0.39 is 0 Å². The number of hydrogen-bond donors (Lipinski definition) is 1. The summed E-state index contributed by atoms with van der Waals surface area (Å²) in [6, 6.07) is 9.08. The Kier molecular flexibility index (Phi) is 4.21. The van der Waals surface area contributed by atoms with Crippen LogP contribution in [0.15, 0.2) is 34.9 Å². The van der Waals surface area contributed by atoms with E-state index in [2.05, 4.69) is 37.5 Å². The zero-order valence-electron chi connectivity index (χ0n) is 10.7. The van der Waals surface area contributed by atoms with Crippen LogP contribution >= 0.6 is 0 Å². The van der Waals surface area contributed by atoms with E-state index in [1.165, 1.54) is 30.2 Å². The second-order valence-electron chi connectivity index (χ2n) is 4.62. The maximum Gasteiger partial charge on any atom is 0.133 e. The molecule has 0 saturated heterocycles. The van der Waals surface area contributed by atoms with E-state index >= 15 is 0 Å². The first kappa shape index (κ1) is 12.2. The van der Waals surface area contributed by atoms with Crippen molar-refractivity contribution in [2.45, 2.75) is 38.6 Å². The lowest BCUT2D eigenvalue weighted by atomic mass is 10.0. The molecule has 2 heteroatoms. The Morgan fingerprint density at radius 3 is 2.94 bits per heavy atom. The summed E-state index contributed by atoms with van der Waals surface area (Å²) in [5.74, 6) is 0. The van der Waals surface area contributed by atoms with Crippen molar-refractivity contribution in [3.8, 4) is 0 Å². The minimum absolute atomic E-state index is 0.583. The predicted molar refractivity (Wildman–Crippen MR) is 72.3 cm³/mol. The fourth-order valence-corrected chi connectivity index (χ4v) is 2.23. The monoisotopic (exact) mass is 231 g/mol. The number of nitrogens with one attached hydrogen (secondary N) is 1. The van der Waals surface area contributed by atoms with Crippen LogP contribution in [-0.4, -0.2) is 13.1 Å². The number of unbranched alkanes of at least 4 members (excludes halogenated alkanes) is 1. The smallest absolute Gasteiger partial charge is 0.133 e. The van der Waals surface area contributed by atoms with Crippen LogP contribution in [-0.2, 0) is 6.42 Å². The molecule has 2 rings (SSSR count). The molecule has 2 aromatic rings. The standard InChI is InChI=1S/C15H21NO/c1-3-4-5-14(16-2)11-12-6-7-15-13(10-12)8-9-17-15/h6-10,14,16H,3-5,11H2,1-2H3. The molecule has 1 N–H and O–H groups in total. The molecule has 1 aromatic heterocycles. The normalized spacial score (nSPS) is 13.1. The van der Waals surface area contributed by atoms with E-state index in [-0.39, 0.29) is 0 Å². The third-order valence-electron chi connectivity index (χ3n) is 3.31. The zero-order valence-corrected chi connectivity index (χ0v) is 10.7. The lowest BCUT2D eigenvalue weighted by Gasteiger charge is -2.15. The Morgan fingerprint density at radius 1 is 1.29 bits per heavy atom. The van der Waals surface area contributed by atoms with Crippen LogP contribution in [0.4, 0.5) is 0 Å². The average molecular weight is 231 g/mol. The molecule has 1 unspecified atom stereocenters. The Balaban J connectivity index is 2.05. The van der Waals surface area contributed by atoms with Gasteiger partial charge in [-0.15, -0.1) is 0 Å². The van der Waals surface area contributed by atoms with Gasteiger partial charge >= 0.3 is 0 Å². The van der Waals surface area contributed by atoms with Crippen molar-refractivity contribution in [1.29, 1.82) is 0 Å². The van der Waals surface area contributed by atoms with Crippen molar-refractivity contribution in [3.63, 3.8) is 0 Å². The molecule has 0 aliphatic carbocycles. The van der Waals surface area contributed by atoms with Crippen molar-refractivity contribution in [1.82, 2.24) is 5.32 Å². The third-order valence-corrected chi connectivity index (χ3v) is 3.31. The summed E-state index contributed by atoms with van der Waals surface area (Å²) in [7, 11) is 2.05. The minimum atomic E-state index is 0.583. The second kappa shape index (κ2) is 5.87. The molecule has 0 radical (unpaired) electrons. The van der Waals surface area contributed by atoms with Gasteiger partial charge in [-0.05, 0) is 43.7 Å². The molecule has 1 aromatic carbocycles. The molecule has 0 amide bonds. The number of rotatable bonds is 6. The number of likely N-dealkylation sites (N-methyl/N-ethyl adjacent to an activating group) is 1. The van der Waals surface area contributed by atoms with Crippen LogP contribution in [0.2, 0.25) is 0 Å². The second-order valence-corrected chi connectivity index (χ2v) is 4.62. The third kappa shape index (κ3) is 3.10. The van der Waals surface area contributed by atoms with E-state index in [0.717, 1.165) is 12.0 Å². The molecule has 0 fully saturated rings. The van der Waals surface area contributed by atoms with Gasteiger partial charge in [0.1, 0.15) is 5.58 Å². The van der Waals surface area contributed by atoms with Crippen LogP contribution in [0.25, 0.3) is 11.0 Å². The van der Waals surface area contributed by atoms with Gasteiger partial charge in [0.2, 0.25) is 0 Å². The van der Waals surface area contributed by atoms with Crippen molar-refractivity contribution in [2.75, 3.05) is 7.05 Å². The van der Waals surface area contributed by atoms with E-state index in [1.807, 2.05) is 6.07 Å². The van der Waals surface area contributed by atoms with Gasteiger partial charge in [-0.3, -0.25) is 0 Å². The number of furan rings is 1. The molecule has 0 aliphatic heterocycles. The van der Waals surface area contributed by atoms with Crippen LogP contribution in [0.3, 0.4) is 0 Å². The van der Waals surface area contributed by atoms with Gasteiger partial charge < -0.3 is 9.73 Å². The Morgan fingerprint density at radius 2 is 2.18 bits per heavy atom. The summed E-state index contributed by atoms with van der Waals surface area (Å²) in [5, 5.41) is 4.61. The lowest BCUT2D eigenvalue weighted by molar-refractivity contribution is 0.498. The van der Waals surface area contributed by atoms with Gasteiger partial charge in [0.15, 0.2) is 0 Å². The maximum absolute atomic E-state index is 5.35. The highest BCUT2D eigenvalue weighted by Gasteiger charge is 2.07. The quantitative estimate of drug-likeness (QED) is 0.819. The van der Waals surface area contributed by atoms with Crippen molar-refractivity contribution in [2.24, 2.45) is 0 Å². The molecule has 17 heavy (non-hydrogen) atoms. The summed E-state index contributed by atoms with van der Waals surface area (Å²) < 4.78 is 5.35. The summed E-state index contributed by atoms with van der Waals surface area (Å²) in [5.41, 5.74) is 2.36. The highest BCUT2D eigenvalue weighted by Crippen LogP contribution is 2.18. The molecule has 92 valence electrons. The first-order valence-corrected chi connectivity index (χ1v) is 6.47. The summed E-state index contributed by atoms with van der Waals surface area (Å²) >= 11 is 0. The molecule has 0 bridgehead atoms. The topological polar surface area (TPSA) is 25.2 Å². The minimum Gasteiger partial charge on any atom is -0.464 e. The summed E-state index contributed by atoms with van der Waals surface area (Å²) in [4.78, 5) is 0. The summed E-state index contributed by atoms with van der Waals surface area (Å²) in [6.45, 7) is 2.24. The fraction of sp³-hybridized carbons (Fsp3) is 0.467. The van der Waals surface area contributed by atoms with Gasteiger partial charge in [-0.1, -0.05) is 25.8 Å². The molecular formula is C15H21NO. The molecule has 0 spiro atoms. The zero-order chi connectivity index (χ0) is 12.1. The van der Waals surface area contributed by atoms with E-state index in [9.17, 15) is 0 Å². The molecule has 2 nitrogen and oxygen atoms in total. The number of benzene rings is 1. The van der Waals surface area contributed by atoms with Gasteiger partial charge in [0.05, 0.1) is 6.26 Å². The van der Waals surface area contributed by atoms with Crippen LogP contribution in [0.5, 0.6) is 0 Å². The molecule has 1 heterocycles. The van der Waals surface area contributed by atoms with Crippen molar-refractivity contribution >= 4 is 11.0 Å². The molecule has 0 saturated carbocycles. The average Bonchev–Trinajstić information content (AvgIpc) is 2.81. The van der Waals surface area contributed by atoms with E-state index in [1.54, 1.807) is 6.26 Å². The predicted octanol–water partition coefficient (Wildman–Crippen LogP) is 3.75. The molecule has 1 atom stereocenters. The SMILES string of the molecule is CCCCC(Cc1ccc2occc2c1)NC. The van der Waals surface area contributed by atoms with E-state index in [0.29, 0.717) is 6.04 Å². The van der Waals surface area contributed by atoms with Gasteiger partial charge in [0.25, 0.3) is 0 Å². The van der Waals surface area contributed by atoms with Gasteiger partial charge in [0, 0.05) is 11.4 Å². The van der Waals surface area contributed by atoms with Crippen LogP contribution in [0, 0.1) is 0 Å². The summed E-state index contributed by atoms with van der Waals surface area (Å²) in [6.07, 6.45) is 6.65. The highest BCUT2D eigenvalue weighted by atomic mass is 16.3. The molecular weight excluding hydrogens is 210 g/mol. The lowest BCUT2D eigenvalue weighted by Crippen LogP contribution is -2.27. The first-order valence-electron chi connectivity index (χ1n) is 6.47. The maximum atomic E-state index is 5.35. The van der Waals surface area contributed by atoms with Crippen LogP contribution in [0.1, 0.15) is 31.7 Å². The fourth-order valence-electron chi connectivity index (χ4n) is 2.23. The van der Waals surface area contributed by atoms with Crippen LogP contribution < -0.4 is 5.32 Å². The number of hydrogen-bond acceptors (Lipinski definition) is 2. The largest absolute Gasteiger partial charge is 0.464 e. The van der Waals surface area contributed by atoms with Crippen molar-refractivity contribution in [3.05, 3.63) is 36.1 Å². The Bertz CT molecular complexity index is 461.